The highest BCUT2D eigenvalue weighted by Crippen LogP contribution is 2.33. The number of nitrogens with one attached hydrogen (secondary N) is 1. The van der Waals surface area contributed by atoms with Crippen LogP contribution in [0.4, 0.5) is 11.4 Å². The van der Waals surface area contributed by atoms with Crippen molar-refractivity contribution in [2.24, 2.45) is 0 Å². The third-order valence-electron chi connectivity index (χ3n) is 6.54. The van der Waals surface area contributed by atoms with Crippen LogP contribution in [0.25, 0.3) is 44.1 Å². The van der Waals surface area contributed by atoms with Crippen LogP contribution in [0.5, 0.6) is 0 Å². The van der Waals surface area contributed by atoms with Crippen LogP contribution in [0.1, 0.15) is 10.4 Å². The van der Waals surface area contributed by atoms with Crippen molar-refractivity contribution in [1.29, 1.82) is 0 Å². The lowest BCUT2D eigenvalue weighted by molar-refractivity contribution is -0.384. The zero-order chi connectivity index (χ0) is 26.1. The maximum atomic E-state index is 13.2. The second kappa shape index (κ2) is 9.59. The summed E-state index contributed by atoms with van der Waals surface area (Å²) >= 11 is 0. The number of nitrogens with zero attached hydrogens (tertiary/aromatic N) is 2. The lowest BCUT2D eigenvalue weighted by Crippen LogP contribution is -2.11. The van der Waals surface area contributed by atoms with Gasteiger partial charge in [-0.25, -0.2) is 4.98 Å². The zero-order valence-corrected chi connectivity index (χ0v) is 20.2. The number of carbonyl (C=O) groups is 1. The van der Waals surface area contributed by atoms with E-state index in [0.29, 0.717) is 11.3 Å². The number of nitro benzene ring substituents is 1. The lowest BCUT2D eigenvalue weighted by atomic mass is 9.97. The molecular weight excluding hydrogens is 474 g/mol. The van der Waals surface area contributed by atoms with Crippen molar-refractivity contribution in [3.05, 3.63) is 137 Å². The first-order chi connectivity index (χ1) is 18.5. The fourth-order valence-corrected chi connectivity index (χ4v) is 4.60. The van der Waals surface area contributed by atoms with Crippen LogP contribution in [-0.4, -0.2) is 15.8 Å². The van der Waals surface area contributed by atoms with Gasteiger partial charge < -0.3 is 5.32 Å². The number of hydrogen-bond donors (Lipinski definition) is 1. The Balaban J connectivity index is 1.41. The van der Waals surface area contributed by atoms with Crippen LogP contribution in [0.15, 0.2) is 121 Å². The Morgan fingerprint density at radius 3 is 2.21 bits per heavy atom. The number of anilines is 1. The molecule has 0 spiro atoms. The third kappa shape index (κ3) is 4.47. The van der Waals surface area contributed by atoms with Crippen LogP contribution < -0.4 is 5.32 Å². The second-order valence-electron chi connectivity index (χ2n) is 8.97. The van der Waals surface area contributed by atoms with E-state index in [-0.39, 0.29) is 11.6 Å². The first-order valence-electron chi connectivity index (χ1n) is 12.1. The predicted octanol–water partition coefficient (Wildman–Crippen LogP) is 7.88. The third-order valence-corrected chi connectivity index (χ3v) is 6.54. The second-order valence-corrected chi connectivity index (χ2v) is 8.97. The topological polar surface area (TPSA) is 85.1 Å². The van der Waals surface area contributed by atoms with Gasteiger partial charge in [-0.05, 0) is 70.4 Å². The van der Waals surface area contributed by atoms with Crippen LogP contribution in [0.2, 0.25) is 0 Å². The Morgan fingerprint density at radius 1 is 0.711 bits per heavy atom. The number of fused-ring (bicyclic) bond motifs is 2. The molecule has 0 bridgehead atoms. The van der Waals surface area contributed by atoms with Crippen molar-refractivity contribution in [1.82, 2.24) is 4.98 Å². The summed E-state index contributed by atoms with van der Waals surface area (Å²) in [6.07, 6.45) is 0. The summed E-state index contributed by atoms with van der Waals surface area (Å²) in [5.41, 5.74) is 5.37. The Kier molecular flexibility index (Phi) is 5.82. The van der Waals surface area contributed by atoms with Crippen LogP contribution in [0.3, 0.4) is 0 Å². The maximum Gasteiger partial charge on any atom is 0.269 e. The van der Waals surface area contributed by atoms with E-state index < -0.39 is 4.92 Å². The van der Waals surface area contributed by atoms with Crippen molar-refractivity contribution in [2.75, 3.05) is 5.32 Å². The van der Waals surface area contributed by atoms with Crippen molar-refractivity contribution >= 4 is 39.0 Å². The molecule has 0 aliphatic heterocycles. The molecule has 0 radical (unpaired) electrons. The number of rotatable bonds is 5. The molecule has 6 aromatic rings. The average Bonchev–Trinajstić information content (AvgIpc) is 2.96. The molecule has 0 aliphatic carbocycles. The Bertz CT molecular complexity index is 1830. The van der Waals surface area contributed by atoms with Gasteiger partial charge in [0.15, 0.2) is 0 Å². The van der Waals surface area contributed by atoms with Gasteiger partial charge in [-0.2, -0.15) is 0 Å². The summed E-state index contributed by atoms with van der Waals surface area (Å²) in [7, 11) is 0. The van der Waals surface area contributed by atoms with E-state index in [4.69, 9.17) is 4.98 Å². The number of pyridine rings is 1. The fraction of sp³-hybridized carbons (Fsp3) is 0. The SMILES string of the molecule is O=C(Nc1ccc2ccccc2c1)c1ccc2nc(-c3ccc([N+](=O)[O-])cc3)cc(-c3ccccc3)c2c1. The number of nitro groups is 1. The van der Waals surface area contributed by atoms with Crippen molar-refractivity contribution in [3.8, 4) is 22.4 Å². The summed E-state index contributed by atoms with van der Waals surface area (Å²) in [5.74, 6) is -0.208. The molecule has 0 atom stereocenters. The van der Waals surface area contributed by atoms with Gasteiger partial charge in [0.25, 0.3) is 11.6 Å². The zero-order valence-electron chi connectivity index (χ0n) is 20.2. The number of amides is 1. The minimum atomic E-state index is -0.419. The molecule has 6 heteroatoms. The maximum absolute atomic E-state index is 13.2. The van der Waals surface area contributed by atoms with Gasteiger partial charge in [0.05, 0.1) is 16.1 Å². The predicted molar refractivity (Wildman–Crippen MR) is 151 cm³/mol. The van der Waals surface area contributed by atoms with Crippen molar-refractivity contribution in [2.45, 2.75) is 0 Å². The molecule has 182 valence electrons. The average molecular weight is 496 g/mol. The Morgan fingerprint density at radius 2 is 1.45 bits per heavy atom. The highest BCUT2D eigenvalue weighted by atomic mass is 16.6. The normalized spacial score (nSPS) is 10.9. The molecule has 1 N–H and O–H groups in total. The Labute approximate surface area is 218 Å². The minimum Gasteiger partial charge on any atom is -0.322 e. The van der Waals surface area contributed by atoms with E-state index in [9.17, 15) is 14.9 Å². The molecule has 0 unspecified atom stereocenters. The first kappa shape index (κ1) is 23.1. The van der Waals surface area contributed by atoms with Crippen LogP contribution >= 0.6 is 0 Å². The molecule has 5 aromatic carbocycles. The summed E-state index contributed by atoms with van der Waals surface area (Å²) in [4.78, 5) is 28.7. The number of carbonyl (C=O) groups excluding carboxylic acids is 1. The molecule has 0 saturated carbocycles. The van der Waals surface area contributed by atoms with Gasteiger partial charge in [-0.15, -0.1) is 0 Å². The summed E-state index contributed by atoms with van der Waals surface area (Å²) < 4.78 is 0. The molecule has 6 nitrogen and oxygen atoms in total. The first-order valence-corrected chi connectivity index (χ1v) is 12.1. The summed E-state index contributed by atoms with van der Waals surface area (Å²) in [6, 6.07) is 37.5. The van der Waals surface area contributed by atoms with E-state index >= 15 is 0 Å². The molecule has 6 rings (SSSR count). The molecule has 0 aliphatic rings. The van der Waals surface area contributed by atoms with Gasteiger partial charge in [0, 0.05) is 34.3 Å². The fourth-order valence-electron chi connectivity index (χ4n) is 4.60. The van der Waals surface area contributed by atoms with Gasteiger partial charge in [-0.1, -0.05) is 60.7 Å². The van der Waals surface area contributed by atoms with Gasteiger partial charge in [0.1, 0.15) is 0 Å². The van der Waals surface area contributed by atoms with E-state index in [1.807, 2.05) is 91.0 Å². The standard InChI is InChI=1S/C32H21N3O3/c36-32(33-26-14-10-21-6-4-5-9-24(21)18-26)25-13-17-30-29(19-25)28(22-7-2-1-3-8-22)20-31(34-30)23-11-15-27(16-12-23)35(37)38/h1-20H,(H,33,36). The smallest absolute Gasteiger partial charge is 0.269 e. The lowest BCUT2D eigenvalue weighted by Gasteiger charge is -2.12. The van der Waals surface area contributed by atoms with Gasteiger partial charge >= 0.3 is 0 Å². The number of non-ortho nitro benzene ring substituents is 1. The number of aromatic nitrogens is 1. The van der Waals surface area contributed by atoms with Crippen molar-refractivity contribution in [3.63, 3.8) is 0 Å². The van der Waals surface area contributed by atoms with E-state index in [2.05, 4.69) is 5.32 Å². The molecular formula is C32H21N3O3. The molecule has 0 fully saturated rings. The highest BCUT2D eigenvalue weighted by Gasteiger charge is 2.14. The van der Waals surface area contributed by atoms with Gasteiger partial charge in [0.2, 0.25) is 0 Å². The monoisotopic (exact) mass is 495 g/mol. The molecule has 1 amide bonds. The van der Waals surface area contributed by atoms with Gasteiger partial charge in [-0.3, -0.25) is 14.9 Å². The highest BCUT2D eigenvalue weighted by molar-refractivity contribution is 6.08. The molecule has 1 heterocycles. The van der Waals surface area contributed by atoms with Crippen LogP contribution in [-0.2, 0) is 0 Å². The molecule has 38 heavy (non-hydrogen) atoms. The number of benzene rings is 5. The largest absolute Gasteiger partial charge is 0.322 e. The number of hydrogen-bond acceptors (Lipinski definition) is 4. The Hall–Kier alpha value is -5.36. The molecule has 0 saturated heterocycles. The summed E-state index contributed by atoms with van der Waals surface area (Å²) in [6.45, 7) is 0. The molecule has 1 aromatic heterocycles. The van der Waals surface area contributed by atoms with E-state index in [1.54, 1.807) is 18.2 Å². The van der Waals surface area contributed by atoms with E-state index in [1.165, 1.54) is 12.1 Å². The van der Waals surface area contributed by atoms with E-state index in [0.717, 1.165) is 44.1 Å². The quantitative estimate of drug-likeness (QED) is 0.195. The minimum absolute atomic E-state index is 0.0277. The van der Waals surface area contributed by atoms with Crippen molar-refractivity contribution < 1.29 is 9.72 Å². The summed E-state index contributed by atoms with van der Waals surface area (Å²) in [5, 5.41) is 17.1. The van der Waals surface area contributed by atoms with Crippen LogP contribution in [0, 0.1) is 10.1 Å².